The summed E-state index contributed by atoms with van der Waals surface area (Å²) in [7, 11) is -0.0651. The Morgan fingerprint density at radius 3 is 2.22 bits per heavy atom. The van der Waals surface area contributed by atoms with Crippen LogP contribution in [-0.2, 0) is 9.16 Å². The topological polar surface area (TPSA) is 35.5 Å². The summed E-state index contributed by atoms with van der Waals surface area (Å²) in [6, 6.07) is 17.7. The van der Waals surface area contributed by atoms with Gasteiger partial charge in [0.2, 0.25) is 8.32 Å². The van der Waals surface area contributed by atoms with Crippen LogP contribution >= 0.6 is 0 Å². The van der Waals surface area contributed by atoms with Gasteiger partial charge in [0.05, 0.1) is 6.26 Å². The fourth-order valence-corrected chi connectivity index (χ4v) is 2.59. The number of carbonyl (C=O) groups is 1. The molecule has 0 atom stereocenters. The molecule has 0 aliphatic heterocycles. The summed E-state index contributed by atoms with van der Waals surface area (Å²) in [6.45, 7) is 4.12. The summed E-state index contributed by atoms with van der Waals surface area (Å²) in [4.78, 5) is 12.1. The minimum Gasteiger partial charge on any atom is -0.502 e. The molecular formula is C19H22O3Si. The summed E-state index contributed by atoms with van der Waals surface area (Å²) < 4.78 is 10.8. The van der Waals surface area contributed by atoms with E-state index in [1.165, 1.54) is 12.3 Å². The monoisotopic (exact) mass is 326 g/mol. The maximum atomic E-state index is 12.1. The van der Waals surface area contributed by atoms with Gasteiger partial charge >= 0.3 is 0 Å². The van der Waals surface area contributed by atoms with E-state index in [0.29, 0.717) is 11.8 Å². The number of hydrogen-bond acceptors (Lipinski definition) is 3. The van der Waals surface area contributed by atoms with Crippen LogP contribution in [0, 0.1) is 0 Å². The number of allylic oxidation sites excluding steroid dienone is 1. The van der Waals surface area contributed by atoms with E-state index in [1.807, 2.05) is 54.6 Å². The van der Waals surface area contributed by atoms with E-state index in [2.05, 4.69) is 13.1 Å². The van der Waals surface area contributed by atoms with E-state index in [0.717, 1.165) is 11.1 Å². The number of hydrogen-bond donors (Lipinski definition) is 0. The van der Waals surface area contributed by atoms with Gasteiger partial charge in [-0.25, -0.2) is 0 Å². The van der Waals surface area contributed by atoms with Crippen LogP contribution in [-0.4, -0.2) is 27.4 Å². The standard InChI is InChI=1S/C19H22O3Si/c1-21-23(2,3)15-22-14-13-19(20)18-11-9-17(10-12-18)16-7-5-4-6-8-16/h4-14H,15H2,1-3H3/b14-13-. The molecule has 0 radical (unpaired) electrons. The average Bonchev–Trinajstić information content (AvgIpc) is 2.59. The number of ketones is 1. The van der Waals surface area contributed by atoms with Gasteiger partial charge in [-0.3, -0.25) is 4.79 Å². The largest absolute Gasteiger partial charge is 0.502 e. The average molecular weight is 326 g/mol. The SMILES string of the molecule is CO[Si](C)(C)CO/C=C\C(=O)c1ccc(-c2ccccc2)cc1. The van der Waals surface area contributed by atoms with Crippen LogP contribution in [0.5, 0.6) is 0 Å². The Bertz CT molecular complexity index is 661. The molecule has 2 rings (SSSR count). The van der Waals surface area contributed by atoms with Crippen molar-refractivity contribution in [3.63, 3.8) is 0 Å². The highest BCUT2D eigenvalue weighted by Crippen LogP contribution is 2.19. The molecule has 0 spiro atoms. The highest BCUT2D eigenvalue weighted by molar-refractivity contribution is 6.71. The maximum Gasteiger partial charge on any atom is 0.224 e. The molecule has 120 valence electrons. The second-order valence-corrected chi connectivity index (χ2v) is 10.1. The molecule has 0 N–H and O–H groups in total. The van der Waals surface area contributed by atoms with Crippen LogP contribution in [0.2, 0.25) is 13.1 Å². The minimum atomic E-state index is -1.76. The zero-order valence-electron chi connectivity index (χ0n) is 13.8. The lowest BCUT2D eigenvalue weighted by atomic mass is 10.0. The number of ether oxygens (including phenoxy) is 1. The van der Waals surface area contributed by atoms with E-state index < -0.39 is 8.32 Å². The first-order valence-electron chi connectivity index (χ1n) is 7.55. The number of carbonyl (C=O) groups excluding carboxylic acids is 1. The Hall–Kier alpha value is -2.17. The fraction of sp³-hybridized carbons (Fsp3) is 0.211. The third-order valence-corrected chi connectivity index (χ3v) is 5.54. The zero-order chi connectivity index (χ0) is 16.7. The third-order valence-electron chi connectivity index (χ3n) is 3.58. The van der Waals surface area contributed by atoms with Gasteiger partial charge in [-0.1, -0.05) is 54.6 Å². The number of benzene rings is 2. The summed E-state index contributed by atoms with van der Waals surface area (Å²) >= 11 is 0. The van der Waals surface area contributed by atoms with Gasteiger partial charge in [0, 0.05) is 18.7 Å². The zero-order valence-corrected chi connectivity index (χ0v) is 14.8. The van der Waals surface area contributed by atoms with Crippen molar-refractivity contribution in [2.45, 2.75) is 13.1 Å². The van der Waals surface area contributed by atoms with E-state index in [-0.39, 0.29) is 5.78 Å². The van der Waals surface area contributed by atoms with Crippen LogP contribution < -0.4 is 0 Å². The van der Waals surface area contributed by atoms with Crippen molar-refractivity contribution in [3.8, 4) is 11.1 Å². The van der Waals surface area contributed by atoms with E-state index in [4.69, 9.17) is 9.16 Å². The quantitative estimate of drug-likeness (QED) is 0.326. The predicted molar refractivity (Wildman–Crippen MR) is 95.8 cm³/mol. The highest BCUT2D eigenvalue weighted by atomic mass is 28.4. The van der Waals surface area contributed by atoms with Gasteiger partial charge in [-0.15, -0.1) is 0 Å². The molecule has 4 heteroatoms. The van der Waals surface area contributed by atoms with Gasteiger partial charge < -0.3 is 9.16 Å². The van der Waals surface area contributed by atoms with Gasteiger partial charge in [0.25, 0.3) is 0 Å². The molecule has 2 aromatic rings. The lowest BCUT2D eigenvalue weighted by molar-refractivity contribution is 0.104. The van der Waals surface area contributed by atoms with Crippen LogP contribution in [0.1, 0.15) is 10.4 Å². The van der Waals surface area contributed by atoms with Crippen LogP contribution in [0.4, 0.5) is 0 Å². The fourth-order valence-electron chi connectivity index (χ4n) is 1.97. The Morgan fingerprint density at radius 1 is 1.00 bits per heavy atom. The van der Waals surface area contributed by atoms with Crippen molar-refractivity contribution in [1.82, 2.24) is 0 Å². The lowest BCUT2D eigenvalue weighted by Gasteiger charge is -2.18. The first-order valence-corrected chi connectivity index (χ1v) is 10.7. The van der Waals surface area contributed by atoms with Gasteiger partial charge in [-0.05, 0) is 24.2 Å². The molecule has 23 heavy (non-hydrogen) atoms. The second kappa shape index (κ2) is 7.90. The van der Waals surface area contributed by atoms with Crippen molar-refractivity contribution >= 4 is 14.1 Å². The molecule has 0 fully saturated rings. The highest BCUT2D eigenvalue weighted by Gasteiger charge is 2.20. The van der Waals surface area contributed by atoms with E-state index in [1.54, 1.807) is 7.11 Å². The van der Waals surface area contributed by atoms with Crippen molar-refractivity contribution in [1.29, 1.82) is 0 Å². The third kappa shape index (κ3) is 5.19. The summed E-state index contributed by atoms with van der Waals surface area (Å²) in [5.41, 5.74) is 2.88. The number of rotatable bonds is 7. The summed E-state index contributed by atoms with van der Waals surface area (Å²) in [6.07, 6.45) is 3.44. The minimum absolute atomic E-state index is 0.0681. The molecule has 0 saturated heterocycles. The van der Waals surface area contributed by atoms with Crippen molar-refractivity contribution in [3.05, 3.63) is 72.5 Å². The predicted octanol–water partition coefficient (Wildman–Crippen LogP) is 4.46. The Balaban J connectivity index is 1.95. The molecule has 0 aliphatic rings. The maximum absolute atomic E-state index is 12.1. The van der Waals surface area contributed by atoms with E-state index >= 15 is 0 Å². The van der Waals surface area contributed by atoms with Crippen molar-refractivity contribution in [2.75, 3.05) is 13.3 Å². The normalized spacial score (nSPS) is 11.6. The molecule has 0 aliphatic carbocycles. The molecular weight excluding hydrogens is 304 g/mol. The molecule has 2 aromatic carbocycles. The summed E-state index contributed by atoms with van der Waals surface area (Å²) in [5, 5.41) is 0. The van der Waals surface area contributed by atoms with Crippen LogP contribution in [0.25, 0.3) is 11.1 Å². The van der Waals surface area contributed by atoms with Gasteiger partial charge in [-0.2, -0.15) is 0 Å². The molecule has 0 bridgehead atoms. The van der Waals surface area contributed by atoms with Crippen molar-refractivity contribution in [2.24, 2.45) is 0 Å². The molecule has 3 nitrogen and oxygen atoms in total. The van der Waals surface area contributed by atoms with Gasteiger partial charge in [0.15, 0.2) is 5.78 Å². The Morgan fingerprint density at radius 2 is 1.61 bits per heavy atom. The lowest BCUT2D eigenvalue weighted by Crippen LogP contribution is -2.34. The van der Waals surface area contributed by atoms with E-state index in [9.17, 15) is 4.79 Å². The molecule has 0 amide bonds. The molecule has 0 unspecified atom stereocenters. The first-order chi connectivity index (χ1) is 11.0. The second-order valence-electron chi connectivity index (χ2n) is 5.89. The van der Waals surface area contributed by atoms with Crippen molar-refractivity contribution < 1.29 is 14.0 Å². The summed E-state index contributed by atoms with van der Waals surface area (Å²) in [5.74, 6) is -0.0681. The molecule has 0 heterocycles. The Kier molecular flexibility index (Phi) is 5.90. The molecule has 0 saturated carbocycles. The smallest absolute Gasteiger partial charge is 0.224 e. The Labute approximate surface area is 138 Å². The van der Waals surface area contributed by atoms with Gasteiger partial charge in [0.1, 0.15) is 6.23 Å². The van der Waals surface area contributed by atoms with Crippen LogP contribution in [0.3, 0.4) is 0 Å². The molecule has 0 aromatic heterocycles. The first kappa shape index (κ1) is 17.2. The van der Waals surface area contributed by atoms with Crippen LogP contribution in [0.15, 0.2) is 66.9 Å².